The lowest BCUT2D eigenvalue weighted by Gasteiger charge is -2.20. The molecule has 1 aliphatic rings. The third-order valence-electron chi connectivity index (χ3n) is 3.82. The molecule has 0 aliphatic carbocycles. The second-order valence-corrected chi connectivity index (χ2v) is 7.79. The first-order valence-electron chi connectivity index (χ1n) is 7.45. The van der Waals surface area contributed by atoms with Crippen molar-refractivity contribution < 1.29 is 14.6 Å². The Balaban J connectivity index is 1.79. The first-order chi connectivity index (χ1) is 11.0. The topological polar surface area (TPSA) is 58.6 Å². The summed E-state index contributed by atoms with van der Waals surface area (Å²) in [5, 5.41) is 12.5. The molecule has 0 unspecified atom stereocenters. The molecule has 5 heteroatoms. The summed E-state index contributed by atoms with van der Waals surface area (Å²) in [6.07, 6.45) is 0. The van der Waals surface area contributed by atoms with Crippen molar-refractivity contribution in [1.82, 2.24) is 5.32 Å². The van der Waals surface area contributed by atoms with E-state index in [2.05, 4.69) is 5.32 Å². The Hall–Kier alpha value is -1.98. The standard InChI is InChI=1S/C18H19NO3S/c1-18(2)15(17(20)21)19-16(23-18)12-7-6-10-14(11-12)22-13-8-4-3-5-9-13/h3-11,15-16,19H,1-2H3,(H,20,21)/t15-,16-/m0/s1. The maximum atomic E-state index is 11.4. The van der Waals surface area contributed by atoms with Gasteiger partial charge in [-0.25, -0.2) is 0 Å². The number of thioether (sulfide) groups is 1. The fourth-order valence-corrected chi connectivity index (χ4v) is 4.06. The predicted octanol–water partition coefficient (Wildman–Crippen LogP) is 4.05. The highest BCUT2D eigenvalue weighted by atomic mass is 32.2. The Kier molecular flexibility index (Phi) is 4.33. The molecule has 23 heavy (non-hydrogen) atoms. The van der Waals surface area contributed by atoms with E-state index in [0.717, 1.165) is 17.1 Å². The molecular formula is C18H19NO3S. The average molecular weight is 329 g/mol. The summed E-state index contributed by atoms with van der Waals surface area (Å²) in [5.41, 5.74) is 1.01. The van der Waals surface area contributed by atoms with Crippen molar-refractivity contribution in [3.05, 3.63) is 60.2 Å². The van der Waals surface area contributed by atoms with Crippen LogP contribution in [0, 0.1) is 0 Å². The first kappa shape index (κ1) is 15.9. The predicted molar refractivity (Wildman–Crippen MR) is 91.9 cm³/mol. The van der Waals surface area contributed by atoms with Crippen molar-refractivity contribution in [2.45, 2.75) is 30.0 Å². The SMILES string of the molecule is CC1(C)S[C@@H](c2cccc(Oc3ccccc3)c2)N[C@H]1C(=O)O. The summed E-state index contributed by atoms with van der Waals surface area (Å²) in [6.45, 7) is 3.90. The number of aliphatic carboxylic acids is 1. The Morgan fingerprint density at radius 1 is 1.13 bits per heavy atom. The van der Waals surface area contributed by atoms with Crippen LogP contribution in [0.2, 0.25) is 0 Å². The van der Waals surface area contributed by atoms with Crippen molar-refractivity contribution in [2.24, 2.45) is 0 Å². The number of carboxylic acids is 1. The summed E-state index contributed by atoms with van der Waals surface area (Å²) in [5.74, 6) is 0.704. The van der Waals surface area contributed by atoms with E-state index in [0.29, 0.717) is 0 Å². The van der Waals surface area contributed by atoms with Crippen LogP contribution in [0.4, 0.5) is 0 Å². The van der Waals surface area contributed by atoms with E-state index in [4.69, 9.17) is 4.74 Å². The highest BCUT2D eigenvalue weighted by molar-refractivity contribution is 8.01. The molecule has 1 saturated heterocycles. The minimum absolute atomic E-state index is 0.0644. The van der Waals surface area contributed by atoms with Crippen molar-refractivity contribution in [2.75, 3.05) is 0 Å². The second-order valence-electron chi connectivity index (χ2n) is 6.03. The third-order valence-corrected chi connectivity index (χ3v) is 5.31. The zero-order valence-electron chi connectivity index (χ0n) is 13.0. The molecule has 0 bridgehead atoms. The van der Waals surface area contributed by atoms with Crippen LogP contribution in [0.5, 0.6) is 11.5 Å². The third kappa shape index (κ3) is 3.51. The van der Waals surface area contributed by atoms with Crippen LogP contribution in [-0.4, -0.2) is 21.9 Å². The van der Waals surface area contributed by atoms with Gasteiger partial charge in [0.1, 0.15) is 17.5 Å². The normalized spacial score (nSPS) is 22.7. The van der Waals surface area contributed by atoms with Gasteiger partial charge in [0.2, 0.25) is 0 Å². The van der Waals surface area contributed by atoms with E-state index >= 15 is 0 Å². The molecule has 2 atom stereocenters. The number of nitrogens with one attached hydrogen (secondary N) is 1. The monoisotopic (exact) mass is 329 g/mol. The summed E-state index contributed by atoms with van der Waals surface area (Å²) < 4.78 is 5.48. The minimum Gasteiger partial charge on any atom is -0.480 e. The number of hydrogen-bond acceptors (Lipinski definition) is 4. The smallest absolute Gasteiger partial charge is 0.322 e. The van der Waals surface area contributed by atoms with E-state index in [9.17, 15) is 9.90 Å². The van der Waals surface area contributed by atoms with Gasteiger partial charge in [-0.15, -0.1) is 11.8 Å². The fraction of sp³-hybridized carbons (Fsp3) is 0.278. The number of benzene rings is 2. The molecule has 2 N–H and O–H groups in total. The van der Waals surface area contributed by atoms with Crippen LogP contribution in [0.1, 0.15) is 24.8 Å². The Bertz CT molecular complexity index is 702. The summed E-state index contributed by atoms with van der Waals surface area (Å²) in [6, 6.07) is 16.8. The highest BCUT2D eigenvalue weighted by Crippen LogP contribution is 2.46. The van der Waals surface area contributed by atoms with E-state index in [1.807, 2.05) is 68.4 Å². The molecule has 120 valence electrons. The van der Waals surface area contributed by atoms with E-state index in [-0.39, 0.29) is 10.1 Å². The van der Waals surface area contributed by atoms with Crippen LogP contribution in [0.3, 0.4) is 0 Å². The molecular weight excluding hydrogens is 310 g/mol. The van der Waals surface area contributed by atoms with Gasteiger partial charge in [0.25, 0.3) is 0 Å². The molecule has 0 aromatic heterocycles. The van der Waals surface area contributed by atoms with Gasteiger partial charge < -0.3 is 9.84 Å². The number of carboxylic acid groups (broad SMARTS) is 1. The van der Waals surface area contributed by atoms with Crippen LogP contribution in [0.25, 0.3) is 0 Å². The largest absolute Gasteiger partial charge is 0.480 e. The van der Waals surface area contributed by atoms with Crippen LogP contribution in [0.15, 0.2) is 54.6 Å². The lowest BCUT2D eigenvalue weighted by atomic mass is 10.0. The van der Waals surface area contributed by atoms with Crippen LogP contribution < -0.4 is 10.1 Å². The van der Waals surface area contributed by atoms with Gasteiger partial charge in [0, 0.05) is 4.75 Å². The van der Waals surface area contributed by atoms with Gasteiger partial charge in [-0.2, -0.15) is 0 Å². The van der Waals surface area contributed by atoms with Gasteiger partial charge in [0.05, 0.1) is 5.37 Å². The summed E-state index contributed by atoms with van der Waals surface area (Å²) in [7, 11) is 0. The van der Waals surface area contributed by atoms with Crippen LogP contribution >= 0.6 is 11.8 Å². The molecule has 2 aromatic rings. The number of para-hydroxylation sites is 1. The van der Waals surface area contributed by atoms with Crippen molar-refractivity contribution in [3.8, 4) is 11.5 Å². The first-order valence-corrected chi connectivity index (χ1v) is 8.33. The molecule has 4 nitrogen and oxygen atoms in total. The van der Waals surface area contributed by atoms with Gasteiger partial charge in [-0.3, -0.25) is 10.1 Å². The lowest BCUT2D eigenvalue weighted by molar-refractivity contribution is -0.139. The Morgan fingerprint density at radius 3 is 2.48 bits per heavy atom. The summed E-state index contributed by atoms with van der Waals surface area (Å²) in [4.78, 5) is 11.4. The maximum absolute atomic E-state index is 11.4. The highest BCUT2D eigenvalue weighted by Gasteiger charge is 2.45. The number of carbonyl (C=O) groups is 1. The molecule has 1 heterocycles. The van der Waals surface area contributed by atoms with Crippen molar-refractivity contribution in [1.29, 1.82) is 0 Å². The van der Waals surface area contributed by atoms with E-state index in [1.54, 1.807) is 11.8 Å². The van der Waals surface area contributed by atoms with Gasteiger partial charge >= 0.3 is 5.97 Å². The maximum Gasteiger partial charge on any atom is 0.322 e. The lowest BCUT2D eigenvalue weighted by Crippen LogP contribution is -2.43. The van der Waals surface area contributed by atoms with E-state index < -0.39 is 12.0 Å². The average Bonchev–Trinajstić information content (AvgIpc) is 2.84. The molecule has 3 rings (SSSR count). The molecule has 0 amide bonds. The fourth-order valence-electron chi connectivity index (χ4n) is 2.66. The zero-order valence-corrected chi connectivity index (χ0v) is 13.8. The molecule has 1 fully saturated rings. The minimum atomic E-state index is -0.818. The Morgan fingerprint density at radius 2 is 1.83 bits per heavy atom. The number of rotatable bonds is 4. The van der Waals surface area contributed by atoms with E-state index in [1.165, 1.54) is 0 Å². The molecule has 2 aromatic carbocycles. The molecule has 1 aliphatic heterocycles. The van der Waals surface area contributed by atoms with Crippen molar-refractivity contribution >= 4 is 17.7 Å². The molecule has 0 spiro atoms. The van der Waals surface area contributed by atoms with Gasteiger partial charge in [-0.1, -0.05) is 30.3 Å². The van der Waals surface area contributed by atoms with Gasteiger partial charge in [0.15, 0.2) is 0 Å². The second kappa shape index (κ2) is 6.26. The summed E-state index contributed by atoms with van der Waals surface area (Å²) >= 11 is 1.62. The van der Waals surface area contributed by atoms with Crippen molar-refractivity contribution in [3.63, 3.8) is 0 Å². The number of hydrogen-bond donors (Lipinski definition) is 2. The molecule has 0 saturated carbocycles. The number of ether oxygens (including phenoxy) is 1. The zero-order chi connectivity index (χ0) is 16.4. The quantitative estimate of drug-likeness (QED) is 0.886. The Labute approximate surface area is 139 Å². The van der Waals surface area contributed by atoms with Crippen LogP contribution in [-0.2, 0) is 4.79 Å². The molecule has 0 radical (unpaired) electrons. The van der Waals surface area contributed by atoms with Gasteiger partial charge in [-0.05, 0) is 43.7 Å².